The van der Waals surface area contributed by atoms with Crippen LogP contribution in [0.15, 0.2) is 78.9 Å². The highest BCUT2D eigenvalue weighted by molar-refractivity contribution is 6.02. The van der Waals surface area contributed by atoms with Crippen LogP contribution in [0.25, 0.3) is 22.8 Å². The number of rotatable bonds is 5. The van der Waals surface area contributed by atoms with Gasteiger partial charge in [0.05, 0.1) is 10.6 Å². The summed E-state index contributed by atoms with van der Waals surface area (Å²) in [5.41, 5.74) is 3.31. The van der Waals surface area contributed by atoms with Crippen molar-refractivity contribution in [1.82, 2.24) is 15.0 Å². The molecule has 1 heterocycles. The maximum Gasteiger partial charge on any atom is 0.270 e. The number of nitro groups is 1. The molecule has 0 radical (unpaired) electrons. The number of carbonyl (C=O) groups is 1. The van der Waals surface area contributed by atoms with Crippen molar-refractivity contribution in [2.75, 3.05) is 5.32 Å². The fourth-order valence-electron chi connectivity index (χ4n) is 2.77. The van der Waals surface area contributed by atoms with Crippen LogP contribution in [0.2, 0.25) is 0 Å². The first-order valence-electron chi connectivity index (χ1n) is 8.74. The number of aromatic nitrogens is 3. The van der Waals surface area contributed by atoms with Crippen molar-refractivity contribution in [3.63, 3.8) is 0 Å². The van der Waals surface area contributed by atoms with Gasteiger partial charge in [-0.05, 0) is 42.0 Å². The molecule has 0 saturated heterocycles. The number of amides is 1. The van der Waals surface area contributed by atoms with Crippen LogP contribution in [-0.2, 0) is 4.79 Å². The van der Waals surface area contributed by atoms with Crippen LogP contribution in [0, 0.1) is 10.1 Å². The summed E-state index contributed by atoms with van der Waals surface area (Å²) in [6, 6.07) is 20.8. The molecule has 1 N–H and O–H groups in total. The van der Waals surface area contributed by atoms with Crippen LogP contribution in [0.3, 0.4) is 0 Å². The third kappa shape index (κ3) is 4.16. The Morgan fingerprint density at radius 1 is 0.966 bits per heavy atom. The van der Waals surface area contributed by atoms with Gasteiger partial charge >= 0.3 is 0 Å². The van der Waals surface area contributed by atoms with Gasteiger partial charge in [0.15, 0.2) is 0 Å². The second kappa shape index (κ2) is 7.73. The van der Waals surface area contributed by atoms with E-state index in [-0.39, 0.29) is 11.6 Å². The van der Waals surface area contributed by atoms with E-state index in [1.54, 1.807) is 35.1 Å². The van der Waals surface area contributed by atoms with Gasteiger partial charge in [-0.2, -0.15) is 4.80 Å². The van der Waals surface area contributed by atoms with E-state index in [2.05, 4.69) is 15.5 Å². The molecular formula is C21H15N5O3. The highest BCUT2D eigenvalue weighted by Crippen LogP contribution is 2.18. The molecule has 0 aliphatic rings. The minimum Gasteiger partial charge on any atom is -0.322 e. The van der Waals surface area contributed by atoms with Crippen molar-refractivity contribution in [3.05, 3.63) is 94.6 Å². The van der Waals surface area contributed by atoms with Gasteiger partial charge in [-0.1, -0.05) is 30.3 Å². The van der Waals surface area contributed by atoms with E-state index in [1.807, 2.05) is 30.3 Å². The van der Waals surface area contributed by atoms with Crippen LogP contribution in [0.5, 0.6) is 0 Å². The predicted octanol–water partition coefficient (Wildman–Crippen LogP) is 3.98. The molecule has 1 aromatic heterocycles. The number of para-hydroxylation sites is 1. The first-order valence-corrected chi connectivity index (χ1v) is 8.74. The van der Waals surface area contributed by atoms with E-state index in [9.17, 15) is 14.9 Å². The van der Waals surface area contributed by atoms with Crippen LogP contribution in [0.4, 0.5) is 11.4 Å². The summed E-state index contributed by atoms with van der Waals surface area (Å²) < 4.78 is 0. The number of nitrogens with zero attached hydrogens (tertiary/aromatic N) is 4. The second-order valence-electron chi connectivity index (χ2n) is 6.20. The molecule has 8 heteroatoms. The molecule has 4 aromatic rings. The summed E-state index contributed by atoms with van der Waals surface area (Å²) in [6.07, 6.45) is 2.84. The van der Waals surface area contributed by atoms with Crippen LogP contribution in [0.1, 0.15) is 5.56 Å². The van der Waals surface area contributed by atoms with E-state index in [1.165, 1.54) is 24.3 Å². The van der Waals surface area contributed by atoms with Crippen molar-refractivity contribution in [2.24, 2.45) is 0 Å². The maximum atomic E-state index is 12.2. The number of anilines is 1. The molecule has 8 nitrogen and oxygen atoms in total. The first-order chi connectivity index (χ1) is 14.1. The summed E-state index contributed by atoms with van der Waals surface area (Å²) in [4.78, 5) is 24.1. The van der Waals surface area contributed by atoms with E-state index < -0.39 is 4.92 Å². The lowest BCUT2D eigenvalue weighted by atomic mass is 10.2. The molecule has 3 aromatic carbocycles. The van der Waals surface area contributed by atoms with Gasteiger partial charge < -0.3 is 5.32 Å². The Bertz CT molecular complexity index is 1230. The van der Waals surface area contributed by atoms with E-state index in [4.69, 9.17) is 0 Å². The van der Waals surface area contributed by atoms with Gasteiger partial charge in [-0.3, -0.25) is 14.9 Å². The lowest BCUT2D eigenvalue weighted by molar-refractivity contribution is -0.384. The Labute approximate surface area is 165 Å². The summed E-state index contributed by atoms with van der Waals surface area (Å²) in [6.45, 7) is 0. The average molecular weight is 385 g/mol. The van der Waals surface area contributed by atoms with Crippen molar-refractivity contribution < 1.29 is 9.72 Å². The molecule has 142 valence electrons. The zero-order valence-electron chi connectivity index (χ0n) is 15.1. The topological polar surface area (TPSA) is 103 Å². The number of nitrogens with one attached hydrogen (secondary N) is 1. The molecule has 29 heavy (non-hydrogen) atoms. The Morgan fingerprint density at radius 2 is 1.76 bits per heavy atom. The highest BCUT2D eigenvalue weighted by atomic mass is 16.6. The van der Waals surface area contributed by atoms with Crippen molar-refractivity contribution in [3.8, 4) is 5.69 Å². The predicted molar refractivity (Wildman–Crippen MR) is 110 cm³/mol. The second-order valence-corrected chi connectivity index (χ2v) is 6.20. The van der Waals surface area contributed by atoms with Crippen LogP contribution >= 0.6 is 0 Å². The maximum absolute atomic E-state index is 12.2. The van der Waals surface area contributed by atoms with Crippen LogP contribution < -0.4 is 5.32 Å². The third-order valence-electron chi connectivity index (χ3n) is 4.14. The Morgan fingerprint density at radius 3 is 2.55 bits per heavy atom. The standard InChI is InChI=1S/C21H15N5O3/c27-21(12-9-15-5-4-8-18(13-15)26(28)29)22-16-10-11-19-20(14-16)24-25(23-19)17-6-2-1-3-7-17/h1-14H,(H,22,27). The largest absolute Gasteiger partial charge is 0.322 e. The number of non-ortho nitro benzene ring substituents is 1. The molecule has 0 aliphatic heterocycles. The monoisotopic (exact) mass is 385 g/mol. The Balaban J connectivity index is 1.49. The molecule has 0 spiro atoms. The minimum atomic E-state index is -0.477. The Hall–Kier alpha value is -4.33. The summed E-state index contributed by atoms with van der Waals surface area (Å²) in [5, 5.41) is 22.4. The number of carbonyl (C=O) groups excluding carboxylic acids is 1. The van der Waals surface area contributed by atoms with Crippen LogP contribution in [-0.4, -0.2) is 25.8 Å². The number of nitro benzene ring substituents is 1. The molecular weight excluding hydrogens is 370 g/mol. The van der Waals surface area contributed by atoms with Gasteiger partial charge in [-0.15, -0.1) is 10.2 Å². The van der Waals surface area contributed by atoms with Gasteiger partial charge in [0.1, 0.15) is 11.0 Å². The SMILES string of the molecule is O=C(C=Cc1cccc([N+](=O)[O-])c1)Nc1ccc2nn(-c3ccccc3)nc2c1. The third-order valence-corrected chi connectivity index (χ3v) is 4.14. The fourth-order valence-corrected chi connectivity index (χ4v) is 2.77. The summed E-state index contributed by atoms with van der Waals surface area (Å²) >= 11 is 0. The smallest absolute Gasteiger partial charge is 0.270 e. The van der Waals surface area contributed by atoms with E-state index in [0.717, 1.165) is 5.69 Å². The minimum absolute atomic E-state index is 0.0282. The average Bonchev–Trinajstić information content (AvgIpc) is 3.16. The zero-order valence-corrected chi connectivity index (χ0v) is 15.1. The zero-order chi connectivity index (χ0) is 20.2. The summed E-state index contributed by atoms with van der Waals surface area (Å²) in [5.74, 6) is -0.355. The van der Waals surface area contributed by atoms with Crippen molar-refractivity contribution >= 4 is 34.4 Å². The lowest BCUT2D eigenvalue weighted by Crippen LogP contribution is -2.07. The van der Waals surface area contributed by atoms with Crippen molar-refractivity contribution in [1.29, 1.82) is 0 Å². The fraction of sp³-hybridized carbons (Fsp3) is 0. The number of benzene rings is 3. The van der Waals surface area contributed by atoms with Gasteiger partial charge in [0.25, 0.3) is 5.69 Å². The number of hydrogen-bond acceptors (Lipinski definition) is 5. The quantitative estimate of drug-likeness (QED) is 0.318. The van der Waals surface area contributed by atoms with Gasteiger partial charge in [0, 0.05) is 23.9 Å². The van der Waals surface area contributed by atoms with Gasteiger partial charge in [0.2, 0.25) is 5.91 Å². The Kier molecular flexibility index (Phi) is 4.81. The molecule has 0 saturated carbocycles. The highest BCUT2D eigenvalue weighted by Gasteiger charge is 2.07. The molecule has 0 unspecified atom stereocenters. The molecule has 4 rings (SSSR count). The molecule has 0 bridgehead atoms. The normalized spacial score (nSPS) is 11.0. The lowest BCUT2D eigenvalue weighted by Gasteiger charge is -2.01. The van der Waals surface area contributed by atoms with Crippen molar-refractivity contribution in [2.45, 2.75) is 0 Å². The van der Waals surface area contributed by atoms with E-state index in [0.29, 0.717) is 22.3 Å². The first kappa shape index (κ1) is 18.1. The van der Waals surface area contributed by atoms with E-state index >= 15 is 0 Å². The molecule has 1 amide bonds. The summed E-state index contributed by atoms with van der Waals surface area (Å²) in [7, 11) is 0. The molecule has 0 fully saturated rings. The number of fused-ring (bicyclic) bond motifs is 1. The molecule has 0 aliphatic carbocycles. The van der Waals surface area contributed by atoms with Gasteiger partial charge in [-0.25, -0.2) is 0 Å². The molecule has 0 atom stereocenters. The number of hydrogen-bond donors (Lipinski definition) is 1.